The number of nitrogen functional groups attached to an aromatic ring is 2. The van der Waals surface area contributed by atoms with Gasteiger partial charge in [-0.1, -0.05) is 12.1 Å². The van der Waals surface area contributed by atoms with Crippen molar-refractivity contribution in [2.75, 3.05) is 11.5 Å². The Balaban J connectivity index is 0.000000956. The molecule has 0 aliphatic carbocycles. The van der Waals surface area contributed by atoms with E-state index in [0.717, 1.165) is 11.4 Å². The van der Waals surface area contributed by atoms with Crippen molar-refractivity contribution >= 4 is 11.4 Å². The molecule has 20 heavy (non-hydrogen) atoms. The molecule has 0 radical (unpaired) electrons. The first-order valence-electron chi connectivity index (χ1n) is 6.35. The molecule has 0 atom stereocenters. The zero-order valence-corrected chi connectivity index (χ0v) is 12.4. The van der Waals surface area contributed by atoms with Crippen LogP contribution in [0.5, 0.6) is 0 Å². The fraction of sp³-hybridized carbons (Fsp3) is 0.250. The number of benzene rings is 2. The van der Waals surface area contributed by atoms with Crippen molar-refractivity contribution < 1.29 is 10.5 Å². The smallest absolute Gasteiger partial charge is 0.0379 e. The predicted octanol–water partition coefficient (Wildman–Crippen LogP) is 3.77. The molecule has 0 aromatic heterocycles. The van der Waals surface area contributed by atoms with Crippen LogP contribution in [0.4, 0.5) is 11.4 Å². The van der Waals surface area contributed by atoms with Gasteiger partial charge >= 0.3 is 0 Å². The zero-order valence-electron chi connectivity index (χ0n) is 12.4. The molecule has 2 rings (SSSR count). The van der Waals surface area contributed by atoms with Gasteiger partial charge in [0.25, 0.3) is 0 Å². The lowest BCUT2D eigenvalue weighted by Crippen LogP contribution is -2.02. The van der Waals surface area contributed by atoms with E-state index in [1.807, 2.05) is 12.1 Å². The lowest BCUT2D eigenvalue weighted by Gasteiger charge is -2.18. The minimum Gasteiger partial charge on any atom is -0.399 e. The molecule has 0 heterocycles. The van der Waals surface area contributed by atoms with Gasteiger partial charge in [-0.2, -0.15) is 0 Å². The average Bonchev–Trinajstić information content (AvgIpc) is 2.47. The third kappa shape index (κ3) is 2.76. The molecule has 108 valence electrons. The highest BCUT2D eigenvalue weighted by Gasteiger charge is 2.13. The van der Waals surface area contributed by atoms with E-state index in [2.05, 4.69) is 39.8 Å². The maximum absolute atomic E-state index is 6.13. The minimum absolute atomic E-state index is 0.790. The Morgan fingerprint density at radius 2 is 1.10 bits per heavy atom. The number of nitrogens with two attached hydrogens (primary N) is 2. The molecule has 0 aliphatic rings. The van der Waals surface area contributed by atoms with Crippen LogP contribution >= 0.6 is 0 Å². The Hall–Kier alpha value is -2.04. The Kier molecular flexibility index (Phi) is 5.13. The maximum Gasteiger partial charge on any atom is 0.0379 e. The van der Waals surface area contributed by atoms with Crippen LogP contribution in [-0.4, -0.2) is 10.5 Å². The minimum atomic E-state index is 0.790. The third-order valence-corrected chi connectivity index (χ3v) is 3.88. The van der Waals surface area contributed by atoms with Gasteiger partial charge in [0, 0.05) is 11.4 Å². The van der Waals surface area contributed by atoms with Gasteiger partial charge in [0.2, 0.25) is 0 Å². The summed E-state index contributed by atoms with van der Waals surface area (Å²) < 4.78 is 0. The Labute approximate surface area is 119 Å². The largest absolute Gasteiger partial charge is 0.399 e. The van der Waals surface area contributed by atoms with Crippen LogP contribution in [0.25, 0.3) is 11.1 Å². The van der Waals surface area contributed by atoms with Crippen LogP contribution in [0.1, 0.15) is 22.3 Å². The Bertz CT molecular complexity index is 576. The number of anilines is 2. The third-order valence-electron chi connectivity index (χ3n) is 3.88. The fourth-order valence-electron chi connectivity index (χ4n) is 2.42. The fourth-order valence-corrected chi connectivity index (χ4v) is 2.42. The van der Waals surface area contributed by atoms with Gasteiger partial charge in [-0.25, -0.2) is 0 Å². The maximum atomic E-state index is 6.13. The van der Waals surface area contributed by atoms with Gasteiger partial charge in [0.15, 0.2) is 0 Å². The summed E-state index contributed by atoms with van der Waals surface area (Å²) in [6.07, 6.45) is 0. The predicted molar refractivity (Wildman–Crippen MR) is 84.9 cm³/mol. The molecule has 0 fully saturated rings. The van der Waals surface area contributed by atoms with Crippen LogP contribution in [-0.2, 0) is 0 Å². The summed E-state index contributed by atoms with van der Waals surface area (Å²) in [5, 5.41) is 12.0. The summed E-state index contributed by atoms with van der Waals surface area (Å²) in [5.41, 5.74) is 20.9. The van der Waals surface area contributed by atoms with Crippen LogP contribution < -0.4 is 11.5 Å². The van der Waals surface area contributed by atoms with E-state index < -0.39 is 0 Å². The number of hydrogen-bond donors (Lipinski definition) is 4. The van der Waals surface area contributed by atoms with Crippen molar-refractivity contribution in [1.29, 1.82) is 0 Å². The van der Waals surface area contributed by atoms with E-state index in [1.165, 1.54) is 33.4 Å². The number of rotatable bonds is 1. The van der Waals surface area contributed by atoms with E-state index in [1.54, 1.807) is 0 Å². The van der Waals surface area contributed by atoms with Gasteiger partial charge < -0.3 is 11.5 Å². The Morgan fingerprint density at radius 3 is 1.50 bits per heavy atom. The second-order valence-corrected chi connectivity index (χ2v) is 4.91. The van der Waals surface area contributed by atoms with Crippen LogP contribution in [0.3, 0.4) is 0 Å². The highest BCUT2D eigenvalue weighted by Crippen LogP contribution is 2.35. The van der Waals surface area contributed by atoms with E-state index in [0.29, 0.717) is 0 Å². The lowest BCUT2D eigenvalue weighted by atomic mass is 9.88. The Morgan fingerprint density at radius 1 is 0.700 bits per heavy atom. The summed E-state index contributed by atoms with van der Waals surface area (Å²) in [4.78, 5) is 0. The SMILES string of the molecule is Cc1c(C)c(-c2ccc(N)cc2)c(C)c(C)c1N.OO. The second-order valence-electron chi connectivity index (χ2n) is 4.91. The molecule has 0 saturated carbocycles. The first kappa shape index (κ1) is 16.0. The van der Waals surface area contributed by atoms with Gasteiger partial charge in [-0.3, -0.25) is 10.5 Å². The average molecular weight is 274 g/mol. The van der Waals surface area contributed by atoms with Crippen molar-refractivity contribution in [3.8, 4) is 11.1 Å². The summed E-state index contributed by atoms with van der Waals surface area (Å²) in [5.74, 6) is 0. The first-order valence-corrected chi connectivity index (χ1v) is 6.35. The summed E-state index contributed by atoms with van der Waals surface area (Å²) in [6.45, 7) is 8.42. The second kappa shape index (κ2) is 6.41. The molecular weight excluding hydrogens is 252 g/mol. The zero-order chi connectivity index (χ0) is 15.4. The molecule has 4 heteroatoms. The molecule has 0 unspecified atom stereocenters. The summed E-state index contributed by atoms with van der Waals surface area (Å²) >= 11 is 0. The molecule has 6 N–H and O–H groups in total. The monoisotopic (exact) mass is 274 g/mol. The highest BCUT2D eigenvalue weighted by atomic mass is 17.0. The molecule has 0 saturated heterocycles. The van der Waals surface area contributed by atoms with Crippen molar-refractivity contribution in [2.24, 2.45) is 0 Å². The van der Waals surface area contributed by atoms with Gasteiger partial charge in [-0.15, -0.1) is 0 Å². The van der Waals surface area contributed by atoms with Crippen molar-refractivity contribution in [1.82, 2.24) is 0 Å². The molecular formula is C16H22N2O2. The van der Waals surface area contributed by atoms with Crippen LogP contribution in [0.2, 0.25) is 0 Å². The molecule has 0 spiro atoms. The van der Waals surface area contributed by atoms with E-state index in [-0.39, 0.29) is 0 Å². The highest BCUT2D eigenvalue weighted by molar-refractivity contribution is 5.78. The molecule has 2 aromatic rings. The normalized spacial score (nSPS) is 9.90. The molecule has 4 nitrogen and oxygen atoms in total. The lowest BCUT2D eigenvalue weighted by molar-refractivity contribution is -0.176. The van der Waals surface area contributed by atoms with E-state index in [9.17, 15) is 0 Å². The summed E-state index contributed by atoms with van der Waals surface area (Å²) in [6, 6.07) is 8.02. The first-order chi connectivity index (χ1) is 9.43. The van der Waals surface area contributed by atoms with Gasteiger partial charge in [0.1, 0.15) is 0 Å². The van der Waals surface area contributed by atoms with Crippen molar-refractivity contribution in [2.45, 2.75) is 27.7 Å². The van der Waals surface area contributed by atoms with Crippen LogP contribution in [0, 0.1) is 27.7 Å². The number of hydrogen-bond acceptors (Lipinski definition) is 4. The van der Waals surface area contributed by atoms with Gasteiger partial charge in [-0.05, 0) is 73.2 Å². The topological polar surface area (TPSA) is 92.5 Å². The van der Waals surface area contributed by atoms with Gasteiger partial charge in [0.05, 0.1) is 0 Å². The molecule has 0 amide bonds. The quantitative estimate of drug-likeness (QED) is 0.362. The van der Waals surface area contributed by atoms with Crippen LogP contribution in [0.15, 0.2) is 24.3 Å². The molecule has 0 aliphatic heterocycles. The van der Waals surface area contributed by atoms with Crippen molar-refractivity contribution in [3.63, 3.8) is 0 Å². The van der Waals surface area contributed by atoms with E-state index in [4.69, 9.17) is 22.0 Å². The molecule has 0 bridgehead atoms. The van der Waals surface area contributed by atoms with E-state index >= 15 is 0 Å². The molecule has 2 aromatic carbocycles. The summed E-state index contributed by atoms with van der Waals surface area (Å²) in [7, 11) is 0. The van der Waals surface area contributed by atoms with Crippen molar-refractivity contribution in [3.05, 3.63) is 46.5 Å². The standard InChI is InChI=1S/C16H20N2.H2O2/c1-9-11(3)16(18)12(4)10(2)15(9)13-5-7-14(17)8-6-13;1-2/h5-8H,17-18H2,1-4H3;1-2H.